The van der Waals surface area contributed by atoms with Gasteiger partial charge in [-0.2, -0.15) is 0 Å². The normalized spacial score (nSPS) is 16.7. The van der Waals surface area contributed by atoms with Gasteiger partial charge in [-0.3, -0.25) is 9.59 Å². The highest BCUT2D eigenvalue weighted by Crippen LogP contribution is 2.40. The van der Waals surface area contributed by atoms with Crippen LogP contribution in [0.15, 0.2) is 23.4 Å². The van der Waals surface area contributed by atoms with Crippen molar-refractivity contribution < 1.29 is 9.59 Å². The molecule has 2 aliphatic carbocycles. The average molecular weight is 428 g/mol. The molecule has 0 radical (unpaired) electrons. The van der Waals surface area contributed by atoms with Crippen LogP contribution in [0.2, 0.25) is 0 Å². The zero-order valence-corrected chi connectivity index (χ0v) is 18.2. The molecule has 2 aromatic rings. The minimum absolute atomic E-state index is 0.0392. The number of nitrogens with zero attached hydrogens (tertiary/aromatic N) is 3. The van der Waals surface area contributed by atoms with E-state index in [1.807, 2.05) is 11.5 Å². The number of thioether (sulfide) groups is 1. The molecule has 3 N–H and O–H groups in total. The van der Waals surface area contributed by atoms with Crippen LogP contribution in [0, 0.1) is 0 Å². The quantitative estimate of drug-likeness (QED) is 0.599. The molecule has 4 rings (SSSR count). The molecule has 1 aromatic carbocycles. The molecular formula is C22H29N5O2S. The van der Waals surface area contributed by atoms with Crippen molar-refractivity contribution >= 4 is 23.6 Å². The van der Waals surface area contributed by atoms with Crippen molar-refractivity contribution in [1.82, 2.24) is 20.1 Å². The number of rotatable bonds is 9. The number of primary amides is 1. The lowest BCUT2D eigenvalue weighted by molar-refractivity contribution is -0.119. The molecular weight excluding hydrogens is 398 g/mol. The van der Waals surface area contributed by atoms with Crippen LogP contribution in [0.1, 0.15) is 73.5 Å². The third kappa shape index (κ3) is 5.03. The molecule has 0 bridgehead atoms. The fourth-order valence-electron chi connectivity index (χ4n) is 4.00. The molecule has 1 saturated carbocycles. The maximum atomic E-state index is 12.6. The highest BCUT2D eigenvalue weighted by Gasteiger charge is 2.30. The average Bonchev–Trinajstić information content (AvgIpc) is 3.50. The van der Waals surface area contributed by atoms with E-state index in [-0.39, 0.29) is 30.0 Å². The summed E-state index contributed by atoms with van der Waals surface area (Å²) in [5, 5.41) is 12.3. The van der Waals surface area contributed by atoms with Crippen molar-refractivity contribution in [3.63, 3.8) is 0 Å². The van der Waals surface area contributed by atoms with Gasteiger partial charge >= 0.3 is 0 Å². The highest BCUT2D eigenvalue weighted by molar-refractivity contribution is 7.99. The molecule has 2 aliphatic rings. The third-order valence-corrected chi connectivity index (χ3v) is 6.82. The van der Waals surface area contributed by atoms with E-state index < -0.39 is 0 Å². The molecule has 2 amide bonds. The number of aryl methyl sites for hydroxylation is 2. The zero-order valence-electron chi connectivity index (χ0n) is 17.4. The second-order valence-electron chi connectivity index (χ2n) is 8.30. The molecule has 0 saturated heterocycles. The van der Waals surface area contributed by atoms with Crippen molar-refractivity contribution in [3.8, 4) is 0 Å². The molecule has 0 spiro atoms. The number of aromatic nitrogens is 3. The van der Waals surface area contributed by atoms with E-state index >= 15 is 0 Å². The monoisotopic (exact) mass is 427 g/mol. The molecule has 160 valence electrons. The Morgan fingerprint density at radius 1 is 1.23 bits per heavy atom. The van der Waals surface area contributed by atoms with Crippen molar-refractivity contribution in [2.24, 2.45) is 5.73 Å². The van der Waals surface area contributed by atoms with Gasteiger partial charge in [0.2, 0.25) is 11.8 Å². The summed E-state index contributed by atoms with van der Waals surface area (Å²) in [7, 11) is 0. The lowest BCUT2D eigenvalue weighted by Gasteiger charge is -2.20. The summed E-state index contributed by atoms with van der Waals surface area (Å²) >= 11 is 1.36. The van der Waals surface area contributed by atoms with E-state index in [9.17, 15) is 9.59 Å². The molecule has 7 nitrogen and oxygen atoms in total. The Hall–Kier alpha value is -2.35. The van der Waals surface area contributed by atoms with Crippen LogP contribution in [0.4, 0.5) is 0 Å². The largest absolute Gasteiger partial charge is 0.370 e. The second-order valence-corrected chi connectivity index (χ2v) is 9.24. The lowest BCUT2D eigenvalue weighted by atomic mass is 9.89. The predicted octanol–water partition coefficient (Wildman–Crippen LogP) is 2.88. The van der Waals surface area contributed by atoms with Crippen LogP contribution >= 0.6 is 11.8 Å². The van der Waals surface area contributed by atoms with Gasteiger partial charge in [0.25, 0.3) is 0 Å². The molecule has 1 atom stereocenters. The smallest absolute Gasteiger partial charge is 0.230 e. The Balaban J connectivity index is 1.35. The first-order valence-electron chi connectivity index (χ1n) is 10.8. The number of hydrogen-bond acceptors (Lipinski definition) is 5. The maximum Gasteiger partial charge on any atom is 0.230 e. The van der Waals surface area contributed by atoms with E-state index in [0.717, 1.165) is 37.1 Å². The van der Waals surface area contributed by atoms with E-state index in [2.05, 4.69) is 33.7 Å². The Labute approximate surface area is 181 Å². The van der Waals surface area contributed by atoms with Gasteiger partial charge in [-0.15, -0.1) is 10.2 Å². The fourth-order valence-corrected chi connectivity index (χ4v) is 4.78. The van der Waals surface area contributed by atoms with Crippen molar-refractivity contribution in [3.05, 3.63) is 40.7 Å². The first-order valence-corrected chi connectivity index (χ1v) is 11.7. The van der Waals surface area contributed by atoms with Gasteiger partial charge in [-0.05, 0) is 62.1 Å². The van der Waals surface area contributed by atoms with Gasteiger partial charge in [-0.1, -0.05) is 30.0 Å². The summed E-state index contributed by atoms with van der Waals surface area (Å²) in [5.41, 5.74) is 9.33. The number of carbonyl (C=O) groups excluding carboxylic acids is 2. The van der Waals surface area contributed by atoms with Crippen LogP contribution in [0.5, 0.6) is 0 Å². The van der Waals surface area contributed by atoms with Crippen molar-refractivity contribution in [2.45, 2.75) is 75.5 Å². The Morgan fingerprint density at radius 2 is 2.00 bits per heavy atom. The van der Waals surface area contributed by atoms with Crippen LogP contribution in [-0.2, 0) is 29.0 Å². The van der Waals surface area contributed by atoms with Gasteiger partial charge in [-0.25, -0.2) is 0 Å². The number of benzene rings is 1. The lowest BCUT2D eigenvalue weighted by Crippen LogP contribution is -2.28. The van der Waals surface area contributed by atoms with Crippen LogP contribution in [0.3, 0.4) is 0 Å². The number of carbonyl (C=O) groups is 2. The van der Waals surface area contributed by atoms with Gasteiger partial charge in [0.05, 0.1) is 11.8 Å². The fraction of sp³-hybridized carbons (Fsp3) is 0.545. The number of amides is 2. The van der Waals surface area contributed by atoms with Crippen LogP contribution in [0.25, 0.3) is 0 Å². The summed E-state index contributed by atoms with van der Waals surface area (Å²) in [4.78, 5) is 23.8. The maximum absolute atomic E-state index is 12.6. The van der Waals surface area contributed by atoms with Gasteiger partial charge < -0.3 is 15.6 Å². The third-order valence-electron chi connectivity index (χ3n) is 5.85. The molecule has 0 aliphatic heterocycles. The number of hydrogen-bond donors (Lipinski definition) is 2. The molecule has 1 heterocycles. The number of fused-ring (bicyclic) bond motifs is 1. The molecule has 8 heteroatoms. The SMILES string of the molecule is C[C@H](NC(=O)CSc1nnc(C2CC2)n1CCC(N)=O)c1ccc2c(c1)CCCC2. The molecule has 0 unspecified atom stereocenters. The minimum Gasteiger partial charge on any atom is -0.370 e. The Morgan fingerprint density at radius 3 is 2.73 bits per heavy atom. The summed E-state index contributed by atoms with van der Waals surface area (Å²) in [6.45, 7) is 2.48. The van der Waals surface area contributed by atoms with Crippen molar-refractivity contribution in [2.75, 3.05) is 5.75 Å². The van der Waals surface area contributed by atoms with Gasteiger partial charge in [0.15, 0.2) is 5.16 Å². The highest BCUT2D eigenvalue weighted by atomic mass is 32.2. The minimum atomic E-state index is -0.349. The molecule has 1 fully saturated rings. The second kappa shape index (κ2) is 9.20. The van der Waals surface area contributed by atoms with E-state index in [1.54, 1.807) is 0 Å². The van der Waals surface area contributed by atoms with E-state index in [1.165, 1.54) is 35.7 Å². The first-order chi connectivity index (χ1) is 14.5. The summed E-state index contributed by atoms with van der Waals surface area (Å²) in [5.74, 6) is 1.19. The summed E-state index contributed by atoms with van der Waals surface area (Å²) < 4.78 is 1.95. The topological polar surface area (TPSA) is 103 Å². The Bertz CT molecular complexity index is 938. The Kier molecular flexibility index (Phi) is 6.41. The zero-order chi connectivity index (χ0) is 21.1. The number of nitrogens with two attached hydrogens (primary N) is 1. The van der Waals surface area contributed by atoms with Gasteiger partial charge in [0, 0.05) is 18.9 Å². The first kappa shape index (κ1) is 20.9. The number of nitrogens with one attached hydrogen (secondary N) is 1. The molecule has 1 aromatic heterocycles. The summed E-state index contributed by atoms with van der Waals surface area (Å²) in [6.07, 6.45) is 7.23. The predicted molar refractivity (Wildman–Crippen MR) is 116 cm³/mol. The summed E-state index contributed by atoms with van der Waals surface area (Å²) in [6, 6.07) is 6.54. The standard InChI is InChI=1S/C22H29N5O2S/c1-14(17-9-6-15-4-2-3-5-18(15)12-17)24-20(29)13-30-22-26-25-21(16-7-8-16)27(22)11-10-19(23)28/h6,9,12,14,16H,2-5,7-8,10-11,13H2,1H3,(H2,23,28)(H,24,29)/t14-/m0/s1. The van der Waals surface area contributed by atoms with E-state index in [0.29, 0.717) is 17.6 Å². The molecule has 30 heavy (non-hydrogen) atoms. The van der Waals surface area contributed by atoms with Crippen molar-refractivity contribution in [1.29, 1.82) is 0 Å². The van der Waals surface area contributed by atoms with E-state index in [4.69, 9.17) is 5.73 Å². The van der Waals surface area contributed by atoms with Crippen LogP contribution < -0.4 is 11.1 Å². The van der Waals surface area contributed by atoms with Crippen LogP contribution in [-0.4, -0.2) is 32.3 Å². The van der Waals surface area contributed by atoms with Gasteiger partial charge in [0.1, 0.15) is 5.82 Å².